The van der Waals surface area contributed by atoms with Crippen molar-refractivity contribution < 1.29 is 14.3 Å². The maximum Gasteiger partial charge on any atom is 0.263 e. The summed E-state index contributed by atoms with van der Waals surface area (Å²) < 4.78 is 5.68. The minimum Gasteiger partial charge on any atom is -0.479 e. The van der Waals surface area contributed by atoms with Crippen molar-refractivity contribution in [3.05, 3.63) is 28.2 Å². The van der Waals surface area contributed by atoms with Crippen LogP contribution < -0.4 is 15.8 Å². The van der Waals surface area contributed by atoms with Crippen LogP contribution >= 0.6 is 35.6 Å². The van der Waals surface area contributed by atoms with E-state index >= 15 is 0 Å². The molecular formula is C17H24Cl3N3O3. The number of nitrogens with zero attached hydrogens (tertiary/aromatic N) is 1. The molecule has 2 unspecified atom stereocenters. The Morgan fingerprint density at radius 3 is 2.85 bits per heavy atom. The highest BCUT2D eigenvalue weighted by Gasteiger charge is 2.31. The Morgan fingerprint density at radius 2 is 2.15 bits per heavy atom. The van der Waals surface area contributed by atoms with E-state index in [4.69, 9.17) is 33.7 Å². The Hall–Kier alpha value is -1.21. The molecule has 1 fully saturated rings. The third-order valence-corrected chi connectivity index (χ3v) is 4.92. The summed E-state index contributed by atoms with van der Waals surface area (Å²) >= 11 is 12.1. The Kier molecular flexibility index (Phi) is 9.50. The predicted molar refractivity (Wildman–Crippen MR) is 105 cm³/mol. The second-order valence-electron chi connectivity index (χ2n) is 6.02. The smallest absolute Gasteiger partial charge is 0.263 e. The van der Waals surface area contributed by atoms with Crippen LogP contribution in [0.4, 0.5) is 0 Å². The lowest BCUT2D eigenvalue weighted by atomic mass is 9.96. The van der Waals surface area contributed by atoms with Gasteiger partial charge in [0.2, 0.25) is 5.91 Å². The highest BCUT2D eigenvalue weighted by molar-refractivity contribution is 6.42. The number of likely N-dealkylation sites (tertiary alicyclic amines) is 1. The molecule has 2 atom stereocenters. The lowest BCUT2D eigenvalue weighted by molar-refractivity contribution is -0.141. The molecule has 0 radical (unpaired) electrons. The van der Waals surface area contributed by atoms with Crippen molar-refractivity contribution >= 4 is 47.4 Å². The molecule has 1 heterocycles. The number of carbonyl (C=O) groups is 2. The van der Waals surface area contributed by atoms with Crippen molar-refractivity contribution in [3.8, 4) is 5.75 Å². The van der Waals surface area contributed by atoms with Crippen molar-refractivity contribution in [2.75, 3.05) is 26.2 Å². The zero-order chi connectivity index (χ0) is 18.4. The first kappa shape index (κ1) is 22.8. The van der Waals surface area contributed by atoms with E-state index in [2.05, 4.69) is 5.32 Å². The molecule has 2 amide bonds. The lowest BCUT2D eigenvalue weighted by Crippen LogP contribution is -2.49. The first-order valence-corrected chi connectivity index (χ1v) is 9.07. The van der Waals surface area contributed by atoms with Crippen LogP contribution in [-0.2, 0) is 9.59 Å². The molecule has 1 aromatic carbocycles. The second kappa shape index (κ2) is 10.8. The van der Waals surface area contributed by atoms with E-state index in [1.165, 1.54) is 0 Å². The van der Waals surface area contributed by atoms with Crippen LogP contribution in [0.1, 0.15) is 19.8 Å². The number of ether oxygens (including phenoxy) is 1. The Morgan fingerprint density at radius 1 is 1.42 bits per heavy atom. The summed E-state index contributed by atoms with van der Waals surface area (Å²) in [6.45, 7) is 3.49. The molecule has 0 spiro atoms. The number of piperidine rings is 1. The summed E-state index contributed by atoms with van der Waals surface area (Å²) in [6.07, 6.45) is 0.814. The molecule has 6 nitrogen and oxygen atoms in total. The molecule has 1 aliphatic heterocycles. The SMILES string of the molecule is CC(Oc1cccc(Cl)c1Cl)C(=O)N1CCCC(C(=O)NCCN)C1.Cl. The van der Waals surface area contributed by atoms with Crippen LogP contribution in [0.5, 0.6) is 5.75 Å². The number of nitrogens with two attached hydrogens (primary N) is 1. The molecule has 0 bridgehead atoms. The van der Waals surface area contributed by atoms with Crippen molar-refractivity contribution in [1.29, 1.82) is 0 Å². The first-order valence-electron chi connectivity index (χ1n) is 8.31. The molecule has 0 aliphatic carbocycles. The van der Waals surface area contributed by atoms with Gasteiger partial charge in [0, 0.05) is 26.2 Å². The van der Waals surface area contributed by atoms with Gasteiger partial charge in [-0.1, -0.05) is 29.3 Å². The number of halogens is 3. The molecule has 26 heavy (non-hydrogen) atoms. The van der Waals surface area contributed by atoms with Gasteiger partial charge >= 0.3 is 0 Å². The van der Waals surface area contributed by atoms with E-state index in [0.717, 1.165) is 12.8 Å². The fraction of sp³-hybridized carbons (Fsp3) is 0.529. The topological polar surface area (TPSA) is 84.7 Å². The van der Waals surface area contributed by atoms with Gasteiger partial charge < -0.3 is 20.7 Å². The molecular weight excluding hydrogens is 401 g/mol. The lowest BCUT2D eigenvalue weighted by Gasteiger charge is -2.33. The molecule has 0 saturated carbocycles. The van der Waals surface area contributed by atoms with Crippen LogP contribution in [0, 0.1) is 5.92 Å². The van der Waals surface area contributed by atoms with Crippen LogP contribution in [-0.4, -0.2) is 49.0 Å². The first-order chi connectivity index (χ1) is 11.9. The number of hydrogen-bond donors (Lipinski definition) is 2. The standard InChI is InChI=1S/C17H23Cl2N3O3.ClH/c1-11(25-14-6-2-5-13(18)15(14)19)17(24)22-9-3-4-12(10-22)16(23)21-8-7-20;/h2,5-6,11-12H,3-4,7-10,20H2,1H3,(H,21,23);1H. The minimum absolute atomic E-state index is 0. The van der Waals surface area contributed by atoms with Crippen molar-refractivity contribution in [1.82, 2.24) is 10.2 Å². The van der Waals surface area contributed by atoms with Gasteiger partial charge in [0.1, 0.15) is 10.8 Å². The van der Waals surface area contributed by atoms with Crippen LogP contribution in [0.15, 0.2) is 18.2 Å². The second-order valence-corrected chi connectivity index (χ2v) is 6.80. The zero-order valence-electron chi connectivity index (χ0n) is 14.5. The summed E-state index contributed by atoms with van der Waals surface area (Å²) in [4.78, 5) is 26.4. The maximum atomic E-state index is 12.7. The van der Waals surface area contributed by atoms with Crippen LogP contribution in [0.2, 0.25) is 10.0 Å². The average Bonchev–Trinajstić information content (AvgIpc) is 2.62. The molecule has 3 N–H and O–H groups in total. The van der Waals surface area contributed by atoms with Crippen molar-refractivity contribution in [2.24, 2.45) is 11.7 Å². The Bertz CT molecular complexity index is 631. The predicted octanol–water partition coefficient (Wildman–Crippen LogP) is 2.50. The summed E-state index contributed by atoms with van der Waals surface area (Å²) in [5.74, 6) is -0.0859. The van der Waals surface area contributed by atoms with Crippen LogP contribution in [0.3, 0.4) is 0 Å². The summed E-state index contributed by atoms with van der Waals surface area (Å²) in [5, 5.41) is 3.43. The number of amides is 2. The largest absolute Gasteiger partial charge is 0.479 e. The van der Waals surface area contributed by atoms with E-state index in [0.29, 0.717) is 37.0 Å². The highest BCUT2D eigenvalue weighted by atomic mass is 35.5. The molecule has 2 rings (SSSR count). The molecule has 9 heteroatoms. The fourth-order valence-electron chi connectivity index (χ4n) is 2.80. The Labute approximate surface area is 169 Å². The normalized spacial score (nSPS) is 17.8. The average molecular weight is 425 g/mol. The van der Waals surface area contributed by atoms with E-state index < -0.39 is 6.10 Å². The Balaban J connectivity index is 0.00000338. The number of hydrogen-bond acceptors (Lipinski definition) is 4. The monoisotopic (exact) mass is 423 g/mol. The van der Waals surface area contributed by atoms with Gasteiger partial charge in [0.15, 0.2) is 6.10 Å². The zero-order valence-corrected chi connectivity index (χ0v) is 16.9. The quantitative estimate of drug-likeness (QED) is 0.735. The molecule has 1 aromatic rings. The number of nitrogens with one attached hydrogen (secondary N) is 1. The molecule has 146 valence electrons. The van der Waals surface area contributed by atoms with Gasteiger partial charge in [-0.3, -0.25) is 9.59 Å². The molecule has 0 aromatic heterocycles. The van der Waals surface area contributed by atoms with Crippen molar-refractivity contribution in [3.63, 3.8) is 0 Å². The number of rotatable bonds is 6. The van der Waals surface area contributed by atoms with E-state index in [9.17, 15) is 9.59 Å². The molecule has 1 aliphatic rings. The number of benzene rings is 1. The summed E-state index contributed by atoms with van der Waals surface area (Å²) in [7, 11) is 0. The minimum atomic E-state index is -0.721. The van der Waals surface area contributed by atoms with E-state index in [1.54, 1.807) is 30.0 Å². The maximum absolute atomic E-state index is 12.7. The third-order valence-electron chi connectivity index (χ3n) is 4.12. The van der Waals surface area contributed by atoms with Crippen LogP contribution in [0.25, 0.3) is 0 Å². The summed E-state index contributed by atoms with van der Waals surface area (Å²) in [5.41, 5.74) is 5.40. The van der Waals surface area contributed by atoms with E-state index in [1.807, 2.05) is 0 Å². The number of carbonyl (C=O) groups excluding carboxylic acids is 2. The summed E-state index contributed by atoms with van der Waals surface area (Å²) in [6, 6.07) is 5.02. The van der Waals surface area contributed by atoms with Gasteiger partial charge in [-0.25, -0.2) is 0 Å². The van der Waals surface area contributed by atoms with Gasteiger partial charge in [-0.05, 0) is 31.9 Å². The van der Waals surface area contributed by atoms with Gasteiger partial charge in [0.25, 0.3) is 5.91 Å². The van der Waals surface area contributed by atoms with Gasteiger partial charge in [-0.2, -0.15) is 0 Å². The van der Waals surface area contributed by atoms with Gasteiger partial charge in [-0.15, -0.1) is 12.4 Å². The third kappa shape index (κ3) is 5.91. The van der Waals surface area contributed by atoms with E-state index in [-0.39, 0.29) is 35.2 Å². The van der Waals surface area contributed by atoms with Gasteiger partial charge in [0.05, 0.1) is 10.9 Å². The molecule has 1 saturated heterocycles. The highest BCUT2D eigenvalue weighted by Crippen LogP contribution is 2.32. The van der Waals surface area contributed by atoms with Crippen molar-refractivity contribution in [2.45, 2.75) is 25.9 Å². The fourth-order valence-corrected chi connectivity index (χ4v) is 3.14.